The number of fused-ring (bicyclic) bond motifs is 12. The zero-order valence-electron chi connectivity index (χ0n) is 46.7. The standard InChI is InChI=1S/C77H58BN3O/c1-76(2,3)54-36-41-69(61(44-54)51-24-12-7-13-25-51)80-71-46-58(79(55-28-14-8-15-29-55)56-30-16-9-17-31-56)45-65-63-47-62-59-32-20-21-33-66(59)77(4,5)67(62)48-70(63)81(57-37-34-50(35-38-57)49-22-10-6-11-23-49)78(73(65)71)68-40-39-60-64-42-52-26-18-19-27-53(52)43-72(64)82-75(60)74(68)80/h6-48H,1-5H3. The van der Waals surface area contributed by atoms with Crippen LogP contribution < -0.4 is 25.5 Å². The van der Waals surface area contributed by atoms with Crippen molar-refractivity contribution < 1.29 is 4.42 Å². The number of rotatable bonds is 7. The quantitative estimate of drug-likeness (QED) is 0.148. The highest BCUT2D eigenvalue weighted by Crippen LogP contribution is 2.57. The third-order valence-electron chi connectivity index (χ3n) is 17.9. The third-order valence-corrected chi connectivity index (χ3v) is 17.9. The normalized spacial score (nSPS) is 13.7. The predicted octanol–water partition coefficient (Wildman–Crippen LogP) is 19.9. The molecule has 0 spiro atoms. The summed E-state index contributed by atoms with van der Waals surface area (Å²) in [7, 11) is 0. The highest BCUT2D eigenvalue weighted by atomic mass is 16.3. The molecule has 2 aliphatic heterocycles. The maximum Gasteiger partial charge on any atom is 0.333 e. The maximum absolute atomic E-state index is 7.53. The Morgan fingerprint density at radius 3 is 1.74 bits per heavy atom. The first-order chi connectivity index (χ1) is 40.1. The van der Waals surface area contributed by atoms with Gasteiger partial charge in [-0.05, 0) is 162 Å². The highest BCUT2D eigenvalue weighted by Gasteiger charge is 2.49. The molecule has 0 atom stereocenters. The largest absolute Gasteiger partial charge is 0.454 e. The van der Waals surface area contributed by atoms with E-state index in [0.717, 1.165) is 78.3 Å². The van der Waals surface area contributed by atoms with E-state index in [4.69, 9.17) is 4.42 Å². The van der Waals surface area contributed by atoms with Gasteiger partial charge in [-0.3, -0.25) is 0 Å². The lowest BCUT2D eigenvalue weighted by Gasteiger charge is -2.47. The molecule has 0 saturated carbocycles. The van der Waals surface area contributed by atoms with Gasteiger partial charge in [-0.2, -0.15) is 0 Å². The molecule has 1 aromatic heterocycles. The molecule has 1 aliphatic carbocycles. The molecule has 16 rings (SSSR count). The second kappa shape index (κ2) is 18.1. The first-order valence-corrected chi connectivity index (χ1v) is 28.8. The summed E-state index contributed by atoms with van der Waals surface area (Å²) in [5, 5.41) is 4.52. The fourth-order valence-corrected chi connectivity index (χ4v) is 13.9. The fraction of sp³-hybridized carbons (Fsp3) is 0.0909. The van der Waals surface area contributed by atoms with E-state index in [1.807, 2.05) is 0 Å². The van der Waals surface area contributed by atoms with E-state index in [1.54, 1.807) is 0 Å². The lowest BCUT2D eigenvalue weighted by molar-refractivity contribution is 0.590. The van der Waals surface area contributed by atoms with Crippen molar-refractivity contribution >= 4 is 96.0 Å². The Labute approximate surface area is 479 Å². The number of benzene rings is 12. The van der Waals surface area contributed by atoms with Crippen molar-refractivity contribution in [1.82, 2.24) is 0 Å². The monoisotopic (exact) mass is 1050 g/mol. The maximum atomic E-state index is 7.53. The SMILES string of the molecule is CC(C)(C)c1ccc(N2c3cc(N(c4ccccc4)c4ccccc4)cc4c3B(c3ccc5c(oc6cc7ccccc7cc65)c32)N(c2ccc(-c3ccccc3)cc2)c2cc3c(cc2-4)-c2ccccc2C3(C)C)c(-c2ccccc2)c1. The molecule has 4 nitrogen and oxygen atoms in total. The van der Waals surface area contributed by atoms with Crippen molar-refractivity contribution in [3.05, 3.63) is 278 Å². The summed E-state index contributed by atoms with van der Waals surface area (Å²) in [6, 6.07) is 97.0. The second-order valence-electron chi connectivity index (χ2n) is 24.1. The summed E-state index contributed by atoms with van der Waals surface area (Å²) in [6.45, 7) is 11.5. The first kappa shape index (κ1) is 48.1. The van der Waals surface area contributed by atoms with E-state index in [9.17, 15) is 0 Å². The van der Waals surface area contributed by atoms with Gasteiger partial charge < -0.3 is 19.0 Å². The molecule has 390 valence electrons. The number of para-hydroxylation sites is 2. The molecule has 12 aromatic carbocycles. The molecule has 13 aromatic rings. The van der Waals surface area contributed by atoms with Gasteiger partial charge in [0.15, 0.2) is 5.58 Å². The van der Waals surface area contributed by atoms with Crippen LogP contribution in [0.2, 0.25) is 0 Å². The van der Waals surface area contributed by atoms with Crippen LogP contribution >= 0.6 is 0 Å². The topological polar surface area (TPSA) is 22.9 Å². The molecule has 3 heterocycles. The van der Waals surface area contributed by atoms with E-state index in [2.05, 4.69) is 310 Å². The molecule has 0 N–H and O–H groups in total. The van der Waals surface area contributed by atoms with Crippen molar-refractivity contribution in [3.8, 4) is 44.5 Å². The van der Waals surface area contributed by atoms with Crippen LogP contribution in [0.1, 0.15) is 51.3 Å². The molecule has 0 fully saturated rings. The van der Waals surface area contributed by atoms with Gasteiger partial charge in [0.1, 0.15) is 5.58 Å². The smallest absolute Gasteiger partial charge is 0.333 e. The Morgan fingerprint density at radius 2 is 1.05 bits per heavy atom. The van der Waals surface area contributed by atoms with Crippen LogP contribution in [-0.4, -0.2) is 6.85 Å². The van der Waals surface area contributed by atoms with Crippen molar-refractivity contribution in [1.29, 1.82) is 0 Å². The van der Waals surface area contributed by atoms with Crippen molar-refractivity contribution in [2.75, 3.05) is 14.6 Å². The van der Waals surface area contributed by atoms with Gasteiger partial charge in [0.2, 0.25) is 0 Å². The van der Waals surface area contributed by atoms with E-state index < -0.39 is 0 Å². The van der Waals surface area contributed by atoms with Crippen LogP contribution in [0, 0.1) is 0 Å². The van der Waals surface area contributed by atoms with E-state index in [1.165, 1.54) is 72.1 Å². The molecule has 0 amide bonds. The molecule has 0 radical (unpaired) electrons. The predicted molar refractivity (Wildman–Crippen MR) is 347 cm³/mol. The van der Waals surface area contributed by atoms with Gasteiger partial charge in [0.05, 0.1) is 11.4 Å². The Morgan fingerprint density at radius 1 is 0.427 bits per heavy atom. The Balaban J connectivity index is 1.08. The Hall–Kier alpha value is -9.84. The van der Waals surface area contributed by atoms with Gasteiger partial charge in [-0.1, -0.05) is 211 Å². The molecule has 5 heteroatoms. The van der Waals surface area contributed by atoms with Crippen molar-refractivity contribution in [3.63, 3.8) is 0 Å². The number of hydrogen-bond acceptors (Lipinski definition) is 4. The average molecular weight is 1050 g/mol. The fourth-order valence-electron chi connectivity index (χ4n) is 13.9. The zero-order chi connectivity index (χ0) is 55.0. The summed E-state index contributed by atoms with van der Waals surface area (Å²) < 4.78 is 7.53. The lowest BCUT2D eigenvalue weighted by Crippen LogP contribution is -2.61. The average Bonchev–Trinajstić information content (AvgIpc) is 2.00. The van der Waals surface area contributed by atoms with Crippen LogP contribution in [0.25, 0.3) is 77.2 Å². The minimum Gasteiger partial charge on any atom is -0.454 e. The van der Waals surface area contributed by atoms with Crippen LogP contribution in [0.4, 0.5) is 45.5 Å². The lowest BCUT2D eigenvalue weighted by atomic mass is 9.43. The number of hydrogen-bond donors (Lipinski definition) is 0. The summed E-state index contributed by atoms with van der Waals surface area (Å²) in [5.41, 5.74) is 26.1. The van der Waals surface area contributed by atoms with Gasteiger partial charge >= 0.3 is 6.85 Å². The summed E-state index contributed by atoms with van der Waals surface area (Å²) in [5.74, 6) is 0. The first-order valence-electron chi connectivity index (χ1n) is 28.8. The van der Waals surface area contributed by atoms with Gasteiger partial charge in [-0.25, -0.2) is 0 Å². The summed E-state index contributed by atoms with van der Waals surface area (Å²) in [6.07, 6.45) is 0. The van der Waals surface area contributed by atoms with Gasteiger partial charge in [0, 0.05) is 61.4 Å². The number of nitrogens with zero attached hydrogens (tertiary/aromatic N) is 3. The second-order valence-corrected chi connectivity index (χ2v) is 24.1. The van der Waals surface area contributed by atoms with Crippen LogP contribution in [0.15, 0.2) is 265 Å². The van der Waals surface area contributed by atoms with Crippen molar-refractivity contribution in [2.45, 2.75) is 45.4 Å². The number of furan rings is 1. The minimum atomic E-state index is -0.294. The van der Waals surface area contributed by atoms with E-state index >= 15 is 0 Å². The Bertz CT molecular complexity index is 4660. The zero-order valence-corrected chi connectivity index (χ0v) is 46.7. The molecule has 82 heavy (non-hydrogen) atoms. The van der Waals surface area contributed by atoms with Crippen LogP contribution in [-0.2, 0) is 10.8 Å². The van der Waals surface area contributed by atoms with E-state index in [-0.39, 0.29) is 17.7 Å². The van der Waals surface area contributed by atoms with E-state index in [0.29, 0.717) is 0 Å². The molecule has 0 unspecified atom stereocenters. The highest BCUT2D eigenvalue weighted by molar-refractivity contribution is 6.94. The van der Waals surface area contributed by atoms with Crippen LogP contribution in [0.5, 0.6) is 0 Å². The minimum absolute atomic E-state index is 0.111. The van der Waals surface area contributed by atoms with Crippen molar-refractivity contribution in [2.24, 2.45) is 0 Å². The number of anilines is 8. The molecular weight excluding hydrogens is 994 g/mol. The summed E-state index contributed by atoms with van der Waals surface area (Å²) in [4.78, 5) is 7.70. The summed E-state index contributed by atoms with van der Waals surface area (Å²) >= 11 is 0. The molecule has 3 aliphatic rings. The van der Waals surface area contributed by atoms with Crippen LogP contribution in [0.3, 0.4) is 0 Å². The Kier molecular flexibility index (Phi) is 10.6. The van der Waals surface area contributed by atoms with Gasteiger partial charge in [-0.15, -0.1) is 0 Å². The van der Waals surface area contributed by atoms with Gasteiger partial charge in [0.25, 0.3) is 0 Å². The third kappa shape index (κ3) is 7.32. The molecule has 0 saturated heterocycles. The molecular formula is C77H58BN3O. The molecule has 0 bridgehead atoms.